The van der Waals surface area contributed by atoms with Gasteiger partial charge in [0.15, 0.2) is 0 Å². The molecule has 0 bridgehead atoms. The zero-order valence-electron chi connectivity index (χ0n) is 39.4. The molecule has 2 aromatic rings. The molecule has 2 heterocycles. The molecule has 2 N–H and O–H groups in total. The van der Waals surface area contributed by atoms with Crippen molar-refractivity contribution in [2.75, 3.05) is 26.3 Å². The van der Waals surface area contributed by atoms with E-state index >= 15 is 17.6 Å². The Labute approximate surface area is 392 Å². The standard InChI is InChI=1S/C48H62F4N4O12/c1-7-8-17-47(49,50)32-26-38(66-44(58)54-20-22-64-56(61)62)42-34-24-30(3)13-15-36(34)46(6,68-40(42)28-32)16-10-9-11-18-48(51,52)31-25-37(65-43(57)53-19-21-63-55(59)60)41-33-23-29(2)12-14-35(33)45(4,5)67-39(41)27-31/h12,24-28,33-36H,7-11,13-23H2,1-6H3,(H,53,57)(H,54,58)/t33-,34-,35-,36-,46?/m1/s1. The fraction of sp³-hybridized carbons (Fsp3) is 0.625. The van der Waals surface area contributed by atoms with Crippen molar-refractivity contribution in [3.63, 3.8) is 0 Å². The normalized spacial score (nSPS) is 22.5. The van der Waals surface area contributed by atoms with Gasteiger partial charge in [0.05, 0.1) is 0 Å². The maximum Gasteiger partial charge on any atom is 0.412 e. The molecular formula is C48H62F4N4O12. The topological polar surface area (TPSA) is 200 Å². The van der Waals surface area contributed by atoms with Gasteiger partial charge in [0.2, 0.25) is 0 Å². The van der Waals surface area contributed by atoms with Crippen molar-refractivity contribution < 1.29 is 65.9 Å². The summed E-state index contributed by atoms with van der Waals surface area (Å²) in [5, 5.41) is 23.9. The first-order chi connectivity index (χ1) is 32.0. The van der Waals surface area contributed by atoms with E-state index in [1.165, 1.54) is 18.2 Å². The quantitative estimate of drug-likeness (QED) is 0.0395. The van der Waals surface area contributed by atoms with Crippen LogP contribution in [0.2, 0.25) is 0 Å². The van der Waals surface area contributed by atoms with Crippen molar-refractivity contribution >= 4 is 12.2 Å². The summed E-state index contributed by atoms with van der Waals surface area (Å²) in [6.07, 6.45) is 5.84. The molecule has 4 aliphatic rings. The lowest BCUT2D eigenvalue weighted by Crippen LogP contribution is -2.48. The number of rotatable bonds is 21. The van der Waals surface area contributed by atoms with Crippen LogP contribution in [0, 0.1) is 32.1 Å². The van der Waals surface area contributed by atoms with Crippen LogP contribution >= 0.6 is 0 Å². The van der Waals surface area contributed by atoms with Crippen LogP contribution in [-0.2, 0) is 21.5 Å². The maximum absolute atomic E-state index is 16.4. The first-order valence-corrected chi connectivity index (χ1v) is 23.3. The highest BCUT2D eigenvalue weighted by Crippen LogP contribution is 2.58. The average Bonchev–Trinajstić information content (AvgIpc) is 3.24. The molecule has 1 unspecified atom stereocenters. The van der Waals surface area contributed by atoms with E-state index in [-0.39, 0.29) is 66.7 Å². The van der Waals surface area contributed by atoms with Crippen LogP contribution in [0.25, 0.3) is 0 Å². The number of carbonyl (C=O) groups is 2. The van der Waals surface area contributed by atoms with Crippen LogP contribution in [0.1, 0.15) is 153 Å². The molecular weight excluding hydrogens is 901 g/mol. The summed E-state index contributed by atoms with van der Waals surface area (Å²) in [4.78, 5) is 55.6. The minimum absolute atomic E-state index is 0.0382. The minimum Gasteiger partial charge on any atom is -0.487 e. The van der Waals surface area contributed by atoms with Crippen molar-refractivity contribution in [1.82, 2.24) is 10.6 Å². The molecule has 0 aromatic heterocycles. The van der Waals surface area contributed by atoms with Gasteiger partial charge in [-0.1, -0.05) is 43.1 Å². The molecule has 2 aliphatic carbocycles. The van der Waals surface area contributed by atoms with Crippen LogP contribution in [0.3, 0.4) is 0 Å². The van der Waals surface area contributed by atoms with E-state index in [0.29, 0.717) is 56.1 Å². The molecule has 0 spiro atoms. The summed E-state index contributed by atoms with van der Waals surface area (Å²) >= 11 is 0. The van der Waals surface area contributed by atoms with Gasteiger partial charge in [0, 0.05) is 71.9 Å². The highest BCUT2D eigenvalue weighted by Gasteiger charge is 2.50. The third-order valence-electron chi connectivity index (χ3n) is 13.7. The van der Waals surface area contributed by atoms with Gasteiger partial charge in [-0.25, -0.2) is 27.2 Å². The van der Waals surface area contributed by atoms with Crippen LogP contribution in [-0.4, -0.2) is 59.9 Å². The number of amides is 2. The molecule has 20 heteroatoms. The number of benzene rings is 2. The molecule has 2 aliphatic heterocycles. The van der Waals surface area contributed by atoms with E-state index in [1.807, 2.05) is 40.7 Å². The maximum atomic E-state index is 16.4. The number of nitrogens with one attached hydrogen (secondary N) is 2. The Hall–Kier alpha value is -5.82. The second-order valence-electron chi connectivity index (χ2n) is 19.1. The van der Waals surface area contributed by atoms with Crippen LogP contribution in [0.4, 0.5) is 27.2 Å². The van der Waals surface area contributed by atoms with Crippen molar-refractivity contribution in [1.29, 1.82) is 0 Å². The molecule has 0 fully saturated rings. The summed E-state index contributed by atoms with van der Waals surface area (Å²) in [5.41, 5.74) is 0.619. The van der Waals surface area contributed by atoms with Crippen LogP contribution in [0.15, 0.2) is 47.6 Å². The first-order valence-electron chi connectivity index (χ1n) is 23.3. The Bertz CT molecular complexity index is 2270. The van der Waals surface area contributed by atoms with Gasteiger partial charge in [0.25, 0.3) is 22.0 Å². The summed E-state index contributed by atoms with van der Waals surface area (Å²) in [6, 6.07) is 4.97. The summed E-state index contributed by atoms with van der Waals surface area (Å²) < 4.78 is 88.9. The average molecular weight is 963 g/mol. The van der Waals surface area contributed by atoms with Crippen molar-refractivity contribution in [3.05, 3.63) is 90.0 Å². The SMILES string of the molecule is CCCCC(F)(F)c1cc(OC(=O)NCCO[N+](=O)[O-])c2c(c1)OC(C)(CCCCCC(F)(F)c1cc(OC(=O)NCCO[N+](=O)[O-])c3c(c1)OC(C)(C)[C@@H]1CC=C(C)C[C@@H]31)[C@@H]1CCC(C)=C[C@@H]21. The fourth-order valence-corrected chi connectivity index (χ4v) is 10.3. The Morgan fingerprint density at radius 3 is 1.91 bits per heavy atom. The zero-order valence-corrected chi connectivity index (χ0v) is 39.4. The van der Waals surface area contributed by atoms with Crippen molar-refractivity contribution in [2.24, 2.45) is 11.8 Å². The second kappa shape index (κ2) is 21.2. The Kier molecular flexibility index (Phi) is 16.1. The van der Waals surface area contributed by atoms with Gasteiger partial charge in [-0.3, -0.25) is 0 Å². The lowest BCUT2D eigenvalue weighted by Gasteiger charge is -2.48. The third kappa shape index (κ3) is 12.2. The molecule has 0 radical (unpaired) electrons. The van der Waals surface area contributed by atoms with Gasteiger partial charge < -0.3 is 39.3 Å². The molecule has 2 aromatic carbocycles. The van der Waals surface area contributed by atoms with Crippen LogP contribution < -0.4 is 29.6 Å². The van der Waals surface area contributed by atoms with E-state index in [1.54, 1.807) is 6.92 Å². The molecule has 5 atom stereocenters. The number of ether oxygens (including phenoxy) is 4. The zero-order chi connectivity index (χ0) is 49.6. The number of hydrogen-bond acceptors (Lipinski definition) is 12. The summed E-state index contributed by atoms with van der Waals surface area (Å²) in [7, 11) is 0. The predicted octanol–water partition coefficient (Wildman–Crippen LogP) is 11.5. The molecule has 68 heavy (non-hydrogen) atoms. The van der Waals surface area contributed by atoms with E-state index in [4.69, 9.17) is 18.9 Å². The molecule has 0 saturated carbocycles. The van der Waals surface area contributed by atoms with Gasteiger partial charge >= 0.3 is 12.2 Å². The molecule has 374 valence electrons. The number of carbonyl (C=O) groups excluding carboxylic acids is 2. The van der Waals surface area contributed by atoms with E-state index < -0.39 is 88.5 Å². The Morgan fingerprint density at radius 1 is 0.779 bits per heavy atom. The van der Waals surface area contributed by atoms with Crippen molar-refractivity contribution in [3.8, 4) is 23.0 Å². The van der Waals surface area contributed by atoms with Gasteiger partial charge in [0.1, 0.15) is 47.4 Å². The molecule has 0 saturated heterocycles. The fourth-order valence-electron chi connectivity index (χ4n) is 10.3. The van der Waals surface area contributed by atoms with Crippen LogP contribution in [0.5, 0.6) is 23.0 Å². The van der Waals surface area contributed by atoms with E-state index in [9.17, 15) is 29.8 Å². The largest absolute Gasteiger partial charge is 0.487 e. The van der Waals surface area contributed by atoms with Gasteiger partial charge in [-0.05, 0) is 110 Å². The number of alkyl halides is 4. The summed E-state index contributed by atoms with van der Waals surface area (Å²) in [6.45, 7) is 10.0. The predicted molar refractivity (Wildman–Crippen MR) is 239 cm³/mol. The molecule has 6 rings (SSSR count). The second-order valence-corrected chi connectivity index (χ2v) is 19.1. The number of allylic oxidation sites excluding steroid dienone is 4. The molecule has 2 amide bonds. The van der Waals surface area contributed by atoms with E-state index in [0.717, 1.165) is 23.6 Å². The van der Waals surface area contributed by atoms with Gasteiger partial charge in [-0.15, -0.1) is 20.2 Å². The highest BCUT2D eigenvalue weighted by atomic mass is 19.3. The number of halogens is 4. The summed E-state index contributed by atoms with van der Waals surface area (Å²) in [5.74, 6) is -7.42. The number of hydrogen-bond donors (Lipinski definition) is 2. The monoisotopic (exact) mass is 962 g/mol. The lowest BCUT2D eigenvalue weighted by molar-refractivity contribution is -0.757. The number of fused-ring (bicyclic) bond motifs is 6. The number of unbranched alkanes of at least 4 members (excludes halogenated alkanes) is 3. The van der Waals surface area contributed by atoms with E-state index in [2.05, 4.69) is 26.4 Å². The Balaban J connectivity index is 1.20. The first kappa shape index (κ1) is 51.6. The Morgan fingerprint density at radius 2 is 1.34 bits per heavy atom. The van der Waals surface area contributed by atoms with Crippen molar-refractivity contribution in [2.45, 2.75) is 153 Å². The molecule has 16 nitrogen and oxygen atoms in total. The lowest BCUT2D eigenvalue weighted by atomic mass is 9.66. The van der Waals surface area contributed by atoms with Gasteiger partial charge in [-0.2, -0.15) is 0 Å². The third-order valence-corrected chi connectivity index (χ3v) is 13.7. The minimum atomic E-state index is -3.39. The highest BCUT2D eigenvalue weighted by molar-refractivity contribution is 5.73. The number of nitrogens with zero attached hydrogens (tertiary/aromatic N) is 2. The smallest absolute Gasteiger partial charge is 0.412 e.